The van der Waals surface area contributed by atoms with Gasteiger partial charge in [-0.2, -0.15) is 0 Å². The Balaban J connectivity index is 2.15. The Hall–Kier alpha value is -1.16. The Morgan fingerprint density at radius 3 is 2.92 bits per heavy atom. The van der Waals surface area contributed by atoms with E-state index < -0.39 is 0 Å². The molecule has 0 aliphatic heterocycles. The highest BCUT2D eigenvalue weighted by Crippen LogP contribution is 2.08. The number of rotatable bonds is 2. The molecule has 2 aromatic heterocycles. The van der Waals surface area contributed by atoms with Crippen molar-refractivity contribution in [3.63, 3.8) is 0 Å². The Morgan fingerprint density at radius 2 is 2.31 bits per heavy atom. The maximum absolute atomic E-state index is 4.26. The van der Waals surface area contributed by atoms with Crippen molar-refractivity contribution in [3.8, 4) is 0 Å². The number of nitrogens with zero attached hydrogens (tertiary/aromatic N) is 3. The summed E-state index contributed by atoms with van der Waals surface area (Å²) in [5, 5.41) is 0. The van der Waals surface area contributed by atoms with Gasteiger partial charge >= 0.3 is 0 Å². The van der Waals surface area contributed by atoms with Gasteiger partial charge in [0.1, 0.15) is 0 Å². The van der Waals surface area contributed by atoms with Gasteiger partial charge in [-0.1, -0.05) is 0 Å². The molecule has 0 saturated carbocycles. The van der Waals surface area contributed by atoms with Crippen molar-refractivity contribution in [1.29, 1.82) is 0 Å². The van der Waals surface area contributed by atoms with Crippen molar-refractivity contribution < 1.29 is 0 Å². The van der Waals surface area contributed by atoms with Crippen molar-refractivity contribution >= 4 is 15.9 Å². The van der Waals surface area contributed by atoms with Gasteiger partial charge in [-0.3, -0.25) is 4.98 Å². The van der Waals surface area contributed by atoms with E-state index in [-0.39, 0.29) is 0 Å². The summed E-state index contributed by atoms with van der Waals surface area (Å²) < 4.78 is 2.98. The molecule has 0 fully saturated rings. The summed E-state index contributed by atoms with van der Waals surface area (Å²) in [5.41, 5.74) is 1.03. The number of hydrogen-bond acceptors (Lipinski definition) is 2. The zero-order chi connectivity index (χ0) is 9.10. The minimum atomic E-state index is 0.771. The highest BCUT2D eigenvalue weighted by Gasteiger charge is 1.94. The molecule has 0 amide bonds. The van der Waals surface area contributed by atoms with Crippen LogP contribution < -0.4 is 0 Å². The predicted octanol–water partition coefficient (Wildman–Crippen LogP) is 2.09. The van der Waals surface area contributed by atoms with Crippen LogP contribution in [0.25, 0.3) is 0 Å². The second kappa shape index (κ2) is 3.70. The summed E-state index contributed by atoms with van der Waals surface area (Å²) in [4.78, 5) is 8.22. The smallest absolute Gasteiger partial charge is 0.0949 e. The molecular weight excluding hydrogens is 230 g/mol. The number of hydrogen-bond donors (Lipinski definition) is 0. The maximum atomic E-state index is 4.26. The van der Waals surface area contributed by atoms with Crippen LogP contribution in [0.3, 0.4) is 0 Å². The molecule has 2 heterocycles. The molecule has 0 unspecified atom stereocenters. The summed E-state index contributed by atoms with van der Waals surface area (Å²) in [6.45, 7) is 0.771. The molecule has 2 aromatic rings. The minimum Gasteiger partial charge on any atom is -0.331 e. The molecule has 0 saturated heterocycles. The van der Waals surface area contributed by atoms with E-state index in [0.717, 1.165) is 16.7 Å². The van der Waals surface area contributed by atoms with Gasteiger partial charge in [0.15, 0.2) is 0 Å². The van der Waals surface area contributed by atoms with Crippen LogP contribution in [0.5, 0.6) is 0 Å². The first-order chi connectivity index (χ1) is 6.34. The number of halogens is 1. The fraction of sp³-hybridized carbons (Fsp3) is 0.111. The molecule has 13 heavy (non-hydrogen) atoms. The summed E-state index contributed by atoms with van der Waals surface area (Å²) in [7, 11) is 0. The summed E-state index contributed by atoms with van der Waals surface area (Å²) in [5.74, 6) is 0. The molecule has 4 heteroatoms. The lowest BCUT2D eigenvalue weighted by molar-refractivity contribution is 0.772. The number of pyridine rings is 1. The quantitative estimate of drug-likeness (QED) is 0.801. The average Bonchev–Trinajstić information content (AvgIpc) is 2.62. The van der Waals surface area contributed by atoms with Crippen molar-refractivity contribution in [2.45, 2.75) is 6.54 Å². The van der Waals surface area contributed by atoms with E-state index in [0.29, 0.717) is 0 Å². The lowest BCUT2D eigenvalue weighted by atomic mass is 10.3. The first kappa shape index (κ1) is 8.44. The van der Waals surface area contributed by atoms with Crippen LogP contribution in [0.4, 0.5) is 0 Å². The van der Waals surface area contributed by atoms with Gasteiger partial charge in [0.05, 0.1) is 18.6 Å². The minimum absolute atomic E-state index is 0.771. The van der Waals surface area contributed by atoms with E-state index in [1.807, 2.05) is 22.9 Å². The largest absolute Gasteiger partial charge is 0.331 e. The molecule has 0 aliphatic rings. The van der Waals surface area contributed by atoms with E-state index in [9.17, 15) is 0 Å². The molecule has 2 rings (SSSR count). The maximum Gasteiger partial charge on any atom is 0.0949 e. The summed E-state index contributed by atoms with van der Waals surface area (Å²) in [6.07, 6.45) is 7.26. The molecule has 0 bridgehead atoms. The SMILES string of the molecule is Brc1ccc(Cn2ccnc2)nc1. The van der Waals surface area contributed by atoms with Crippen molar-refractivity contribution in [3.05, 3.63) is 47.2 Å². The van der Waals surface area contributed by atoms with E-state index in [1.165, 1.54) is 0 Å². The van der Waals surface area contributed by atoms with Crippen LogP contribution in [0.15, 0.2) is 41.5 Å². The Kier molecular flexibility index (Phi) is 2.40. The van der Waals surface area contributed by atoms with Crippen LogP contribution in [-0.4, -0.2) is 14.5 Å². The fourth-order valence-corrected chi connectivity index (χ4v) is 1.30. The third-order valence-corrected chi connectivity index (χ3v) is 2.16. The van der Waals surface area contributed by atoms with Crippen LogP contribution in [0.2, 0.25) is 0 Å². The van der Waals surface area contributed by atoms with Crippen LogP contribution in [-0.2, 0) is 6.54 Å². The molecule has 0 aliphatic carbocycles. The van der Waals surface area contributed by atoms with Gasteiger partial charge in [-0.05, 0) is 28.1 Å². The first-order valence-electron chi connectivity index (χ1n) is 3.91. The number of aromatic nitrogens is 3. The summed E-state index contributed by atoms with van der Waals surface area (Å²) >= 11 is 3.34. The number of imidazole rings is 1. The van der Waals surface area contributed by atoms with Crippen molar-refractivity contribution in [1.82, 2.24) is 14.5 Å². The predicted molar refractivity (Wildman–Crippen MR) is 53.3 cm³/mol. The van der Waals surface area contributed by atoms with E-state index in [4.69, 9.17) is 0 Å². The monoisotopic (exact) mass is 237 g/mol. The third kappa shape index (κ3) is 2.15. The van der Waals surface area contributed by atoms with Crippen molar-refractivity contribution in [2.24, 2.45) is 0 Å². The zero-order valence-electron chi connectivity index (χ0n) is 6.89. The summed E-state index contributed by atoms with van der Waals surface area (Å²) in [6, 6.07) is 3.98. The first-order valence-corrected chi connectivity index (χ1v) is 4.70. The van der Waals surface area contributed by atoms with Gasteiger partial charge in [0.25, 0.3) is 0 Å². The molecule has 0 aromatic carbocycles. The fourth-order valence-electron chi connectivity index (χ4n) is 1.07. The molecule has 3 nitrogen and oxygen atoms in total. The Labute approximate surface area is 84.6 Å². The Bertz CT molecular complexity index is 366. The highest BCUT2D eigenvalue weighted by atomic mass is 79.9. The zero-order valence-corrected chi connectivity index (χ0v) is 8.48. The van der Waals surface area contributed by atoms with E-state index in [2.05, 4.69) is 25.9 Å². The van der Waals surface area contributed by atoms with Gasteiger partial charge < -0.3 is 4.57 Å². The molecule has 0 N–H and O–H groups in total. The molecule has 0 spiro atoms. The van der Waals surface area contributed by atoms with Crippen LogP contribution in [0, 0.1) is 0 Å². The van der Waals surface area contributed by atoms with Crippen LogP contribution >= 0.6 is 15.9 Å². The standard InChI is InChI=1S/C9H8BrN3/c10-8-1-2-9(12-5-8)6-13-4-3-11-7-13/h1-5,7H,6H2. The average molecular weight is 238 g/mol. The van der Waals surface area contributed by atoms with Gasteiger partial charge in [0.2, 0.25) is 0 Å². The highest BCUT2D eigenvalue weighted by molar-refractivity contribution is 9.10. The third-order valence-electron chi connectivity index (χ3n) is 1.69. The lowest BCUT2D eigenvalue weighted by Gasteiger charge is -2.00. The van der Waals surface area contributed by atoms with E-state index >= 15 is 0 Å². The van der Waals surface area contributed by atoms with Crippen molar-refractivity contribution in [2.75, 3.05) is 0 Å². The normalized spacial score (nSPS) is 10.2. The van der Waals surface area contributed by atoms with Gasteiger partial charge in [-0.25, -0.2) is 4.98 Å². The van der Waals surface area contributed by atoms with Gasteiger partial charge in [-0.15, -0.1) is 0 Å². The lowest BCUT2D eigenvalue weighted by Crippen LogP contribution is -1.98. The molecular formula is C9H8BrN3. The molecule has 0 atom stereocenters. The topological polar surface area (TPSA) is 30.7 Å². The molecule has 0 radical (unpaired) electrons. The Morgan fingerprint density at radius 1 is 1.38 bits per heavy atom. The second-order valence-electron chi connectivity index (χ2n) is 2.70. The van der Waals surface area contributed by atoms with Gasteiger partial charge in [0, 0.05) is 23.1 Å². The van der Waals surface area contributed by atoms with Crippen LogP contribution in [0.1, 0.15) is 5.69 Å². The van der Waals surface area contributed by atoms with E-state index in [1.54, 1.807) is 18.7 Å². The molecule has 66 valence electrons. The second-order valence-corrected chi connectivity index (χ2v) is 3.62.